The van der Waals surface area contributed by atoms with Gasteiger partial charge in [0.2, 0.25) is 0 Å². The number of hydrogen-bond donors (Lipinski definition) is 2. The summed E-state index contributed by atoms with van der Waals surface area (Å²) in [5, 5.41) is 5.35. The molecular formula is C14H20N2O3. The number of nitrogens with one attached hydrogen (secondary N) is 2. The summed E-state index contributed by atoms with van der Waals surface area (Å²) in [6.45, 7) is 3.60. The SMILES string of the molecule is CCCC(C)(NC(=O)Nc1ccccc1)C(=O)OC. The molecule has 1 aromatic carbocycles. The Bertz CT molecular complexity index is 434. The van der Waals surface area contributed by atoms with Gasteiger partial charge in [-0.15, -0.1) is 0 Å². The maximum absolute atomic E-state index is 11.9. The molecule has 1 aromatic rings. The molecule has 2 N–H and O–H groups in total. The summed E-state index contributed by atoms with van der Waals surface area (Å²) in [5.41, 5.74) is -0.341. The average Bonchev–Trinajstić information content (AvgIpc) is 2.38. The van der Waals surface area contributed by atoms with Crippen LogP contribution in [-0.4, -0.2) is 24.6 Å². The van der Waals surface area contributed by atoms with E-state index in [2.05, 4.69) is 10.6 Å². The van der Waals surface area contributed by atoms with E-state index in [1.165, 1.54) is 7.11 Å². The molecule has 104 valence electrons. The van der Waals surface area contributed by atoms with E-state index in [0.29, 0.717) is 12.1 Å². The Kier molecular flexibility index (Phi) is 5.36. The Morgan fingerprint density at radius 1 is 1.26 bits per heavy atom. The van der Waals surface area contributed by atoms with Gasteiger partial charge in [0.1, 0.15) is 5.54 Å². The van der Waals surface area contributed by atoms with E-state index in [0.717, 1.165) is 6.42 Å². The minimum absolute atomic E-state index is 0.424. The highest BCUT2D eigenvalue weighted by Crippen LogP contribution is 2.15. The lowest BCUT2D eigenvalue weighted by atomic mass is 9.96. The topological polar surface area (TPSA) is 67.4 Å². The predicted octanol–water partition coefficient (Wildman–Crippen LogP) is 2.54. The van der Waals surface area contributed by atoms with Crippen LogP contribution in [-0.2, 0) is 9.53 Å². The monoisotopic (exact) mass is 264 g/mol. The molecule has 0 aromatic heterocycles. The molecule has 1 rings (SSSR count). The van der Waals surface area contributed by atoms with Crippen molar-refractivity contribution in [1.29, 1.82) is 0 Å². The van der Waals surface area contributed by atoms with Crippen LogP contribution in [0.25, 0.3) is 0 Å². The third-order valence-electron chi connectivity index (χ3n) is 2.81. The number of carbonyl (C=O) groups is 2. The Morgan fingerprint density at radius 3 is 2.42 bits per heavy atom. The van der Waals surface area contributed by atoms with Crippen molar-refractivity contribution in [3.05, 3.63) is 30.3 Å². The Hall–Kier alpha value is -2.04. The number of esters is 1. The van der Waals surface area contributed by atoms with Crippen molar-refractivity contribution in [3.63, 3.8) is 0 Å². The molecule has 0 aliphatic carbocycles. The van der Waals surface area contributed by atoms with Crippen LogP contribution in [0.4, 0.5) is 10.5 Å². The second-order valence-corrected chi connectivity index (χ2v) is 4.52. The molecule has 0 aliphatic heterocycles. The van der Waals surface area contributed by atoms with Crippen molar-refractivity contribution in [2.24, 2.45) is 0 Å². The number of rotatable bonds is 5. The first-order valence-corrected chi connectivity index (χ1v) is 6.24. The maximum Gasteiger partial charge on any atom is 0.331 e. The number of anilines is 1. The van der Waals surface area contributed by atoms with Crippen LogP contribution in [0.3, 0.4) is 0 Å². The fourth-order valence-corrected chi connectivity index (χ4v) is 1.88. The molecule has 0 aliphatic rings. The first kappa shape index (κ1) is 15.0. The van der Waals surface area contributed by atoms with Crippen molar-refractivity contribution in [2.75, 3.05) is 12.4 Å². The standard InChI is InChI=1S/C14H20N2O3/c1-4-10-14(2,12(17)19-3)16-13(18)15-11-8-6-5-7-9-11/h5-9H,4,10H2,1-3H3,(H2,15,16,18). The third-order valence-corrected chi connectivity index (χ3v) is 2.81. The number of amides is 2. The molecule has 0 fully saturated rings. The van der Waals surface area contributed by atoms with Crippen LogP contribution in [0.1, 0.15) is 26.7 Å². The van der Waals surface area contributed by atoms with E-state index in [1.54, 1.807) is 19.1 Å². The van der Waals surface area contributed by atoms with Crippen LogP contribution in [0, 0.1) is 0 Å². The third kappa shape index (κ3) is 4.28. The fourth-order valence-electron chi connectivity index (χ4n) is 1.88. The number of urea groups is 1. The number of carbonyl (C=O) groups excluding carboxylic acids is 2. The first-order chi connectivity index (χ1) is 9.01. The summed E-state index contributed by atoms with van der Waals surface area (Å²) in [7, 11) is 1.31. The molecule has 0 saturated heterocycles. The van der Waals surface area contributed by atoms with Gasteiger partial charge in [-0.2, -0.15) is 0 Å². The highest BCUT2D eigenvalue weighted by Gasteiger charge is 2.35. The molecule has 0 heterocycles. The molecular weight excluding hydrogens is 244 g/mol. The van der Waals surface area contributed by atoms with Crippen molar-refractivity contribution in [3.8, 4) is 0 Å². The van der Waals surface area contributed by atoms with Gasteiger partial charge < -0.3 is 15.4 Å². The molecule has 0 bridgehead atoms. The number of hydrogen-bond acceptors (Lipinski definition) is 3. The zero-order valence-corrected chi connectivity index (χ0v) is 11.5. The predicted molar refractivity (Wildman–Crippen MR) is 73.9 cm³/mol. The van der Waals surface area contributed by atoms with Crippen molar-refractivity contribution >= 4 is 17.7 Å². The molecule has 1 unspecified atom stereocenters. The lowest BCUT2D eigenvalue weighted by Crippen LogP contribution is -2.54. The van der Waals surface area contributed by atoms with Crippen molar-refractivity contribution < 1.29 is 14.3 Å². The number of ether oxygens (including phenoxy) is 1. The summed E-state index contributed by atoms with van der Waals surface area (Å²) in [4.78, 5) is 23.6. The minimum Gasteiger partial charge on any atom is -0.467 e. The van der Waals surface area contributed by atoms with Crippen LogP contribution in [0.5, 0.6) is 0 Å². The molecule has 5 heteroatoms. The highest BCUT2D eigenvalue weighted by molar-refractivity contribution is 5.94. The largest absolute Gasteiger partial charge is 0.467 e. The lowest BCUT2D eigenvalue weighted by Gasteiger charge is -2.27. The van der Waals surface area contributed by atoms with E-state index in [-0.39, 0.29) is 0 Å². The Labute approximate surface area is 113 Å². The normalized spacial score (nSPS) is 13.2. The summed E-state index contributed by atoms with van der Waals surface area (Å²) < 4.78 is 4.74. The van der Waals surface area contributed by atoms with E-state index in [4.69, 9.17) is 4.74 Å². The quantitative estimate of drug-likeness (QED) is 0.803. The summed E-state index contributed by atoms with van der Waals surface area (Å²) in [6, 6.07) is 8.62. The second-order valence-electron chi connectivity index (χ2n) is 4.52. The number of benzene rings is 1. The van der Waals surface area contributed by atoms with Crippen molar-refractivity contribution in [1.82, 2.24) is 5.32 Å². The molecule has 0 radical (unpaired) electrons. The van der Waals surface area contributed by atoms with Gasteiger partial charge in [0, 0.05) is 5.69 Å². The minimum atomic E-state index is -1.01. The van der Waals surface area contributed by atoms with Crippen LogP contribution >= 0.6 is 0 Å². The zero-order valence-electron chi connectivity index (χ0n) is 11.5. The van der Waals surface area contributed by atoms with Crippen LogP contribution in [0.2, 0.25) is 0 Å². The van der Waals surface area contributed by atoms with E-state index < -0.39 is 17.5 Å². The molecule has 19 heavy (non-hydrogen) atoms. The maximum atomic E-state index is 11.9. The van der Waals surface area contributed by atoms with Gasteiger partial charge in [0.15, 0.2) is 0 Å². The lowest BCUT2D eigenvalue weighted by molar-refractivity contribution is -0.147. The summed E-state index contributed by atoms with van der Waals surface area (Å²) in [5.74, 6) is -0.447. The van der Waals surface area contributed by atoms with Gasteiger partial charge in [-0.1, -0.05) is 31.5 Å². The number of methoxy groups -OCH3 is 1. The van der Waals surface area contributed by atoms with Gasteiger partial charge >= 0.3 is 12.0 Å². The van der Waals surface area contributed by atoms with Gasteiger partial charge in [-0.25, -0.2) is 9.59 Å². The van der Waals surface area contributed by atoms with Gasteiger partial charge in [0.05, 0.1) is 7.11 Å². The van der Waals surface area contributed by atoms with Gasteiger partial charge in [-0.3, -0.25) is 0 Å². The summed E-state index contributed by atoms with van der Waals surface area (Å²) in [6.07, 6.45) is 1.28. The summed E-state index contributed by atoms with van der Waals surface area (Å²) >= 11 is 0. The van der Waals surface area contributed by atoms with Gasteiger partial charge in [0.25, 0.3) is 0 Å². The smallest absolute Gasteiger partial charge is 0.331 e. The van der Waals surface area contributed by atoms with E-state index in [9.17, 15) is 9.59 Å². The molecule has 1 atom stereocenters. The second kappa shape index (κ2) is 6.78. The van der Waals surface area contributed by atoms with Crippen LogP contribution < -0.4 is 10.6 Å². The Balaban J connectivity index is 2.69. The molecule has 0 spiro atoms. The van der Waals surface area contributed by atoms with Crippen molar-refractivity contribution in [2.45, 2.75) is 32.2 Å². The van der Waals surface area contributed by atoms with Crippen LogP contribution in [0.15, 0.2) is 30.3 Å². The average molecular weight is 264 g/mol. The molecule has 2 amide bonds. The van der Waals surface area contributed by atoms with Gasteiger partial charge in [-0.05, 0) is 25.5 Å². The highest BCUT2D eigenvalue weighted by atomic mass is 16.5. The zero-order chi connectivity index (χ0) is 14.3. The first-order valence-electron chi connectivity index (χ1n) is 6.24. The molecule has 5 nitrogen and oxygen atoms in total. The molecule has 0 saturated carbocycles. The number of para-hydroxylation sites is 1. The van der Waals surface area contributed by atoms with E-state index >= 15 is 0 Å². The van der Waals surface area contributed by atoms with E-state index in [1.807, 2.05) is 25.1 Å². The Morgan fingerprint density at radius 2 is 1.89 bits per heavy atom. The fraction of sp³-hybridized carbons (Fsp3) is 0.429.